The summed E-state index contributed by atoms with van der Waals surface area (Å²) in [5.74, 6) is -0.384. The Kier molecular flexibility index (Phi) is 16.0. The smallest absolute Gasteiger partial charge is 0.328 e. The first-order valence-corrected chi connectivity index (χ1v) is 9.81. The predicted octanol–water partition coefficient (Wildman–Crippen LogP) is 3.69. The largest absolute Gasteiger partial charge is 0.464 e. The Morgan fingerprint density at radius 2 is 1.54 bits per heavy atom. The summed E-state index contributed by atoms with van der Waals surface area (Å²) in [5, 5.41) is 2.83. The van der Waals surface area contributed by atoms with Crippen molar-refractivity contribution >= 4 is 11.9 Å². The van der Waals surface area contributed by atoms with Crippen LogP contribution < -0.4 is 11.1 Å². The van der Waals surface area contributed by atoms with Crippen LogP contribution in [-0.4, -0.2) is 31.1 Å². The number of ether oxygens (including phenoxy) is 1. The molecule has 142 valence electrons. The predicted molar refractivity (Wildman–Crippen MR) is 98.7 cm³/mol. The van der Waals surface area contributed by atoms with E-state index in [0.29, 0.717) is 26.0 Å². The van der Waals surface area contributed by atoms with Crippen LogP contribution in [0.3, 0.4) is 0 Å². The first-order chi connectivity index (χ1) is 11.7. The molecule has 3 N–H and O–H groups in total. The van der Waals surface area contributed by atoms with E-state index in [1.807, 2.05) is 0 Å². The minimum absolute atomic E-state index is 0.0493. The van der Waals surface area contributed by atoms with Gasteiger partial charge in [-0.3, -0.25) is 4.79 Å². The Labute approximate surface area is 148 Å². The number of amides is 1. The average molecular weight is 343 g/mol. The van der Waals surface area contributed by atoms with E-state index in [2.05, 4.69) is 12.2 Å². The van der Waals surface area contributed by atoms with Crippen molar-refractivity contribution in [3.63, 3.8) is 0 Å². The van der Waals surface area contributed by atoms with Crippen molar-refractivity contribution in [2.45, 2.75) is 96.9 Å². The molecule has 0 saturated heterocycles. The summed E-state index contributed by atoms with van der Waals surface area (Å²) >= 11 is 0. The van der Waals surface area contributed by atoms with E-state index in [1.54, 1.807) is 6.92 Å². The van der Waals surface area contributed by atoms with Gasteiger partial charge in [-0.15, -0.1) is 0 Å². The Bertz CT molecular complexity index is 322. The van der Waals surface area contributed by atoms with E-state index in [0.717, 1.165) is 25.7 Å². The van der Waals surface area contributed by atoms with E-state index in [9.17, 15) is 9.59 Å². The lowest BCUT2D eigenvalue weighted by Crippen LogP contribution is -2.41. The number of hydrogen-bond donors (Lipinski definition) is 2. The molecule has 0 saturated carbocycles. The van der Waals surface area contributed by atoms with Crippen molar-refractivity contribution in [3.05, 3.63) is 0 Å². The standard InChI is InChI=1S/C19H38N2O3/c1-3-5-6-7-8-9-10-11-15-18(22)21-17(14-12-13-16-20)19(23)24-4-2/h17H,3-16,20H2,1-2H3,(H,21,22)/t17-/m0/s1. The van der Waals surface area contributed by atoms with Crippen LogP contribution in [0.2, 0.25) is 0 Å². The highest BCUT2D eigenvalue weighted by molar-refractivity contribution is 5.84. The van der Waals surface area contributed by atoms with Crippen molar-refractivity contribution in [3.8, 4) is 0 Å². The van der Waals surface area contributed by atoms with Crippen LogP contribution in [-0.2, 0) is 14.3 Å². The van der Waals surface area contributed by atoms with Gasteiger partial charge in [-0.2, -0.15) is 0 Å². The summed E-state index contributed by atoms with van der Waals surface area (Å²) in [6.45, 7) is 4.93. The molecular formula is C19H38N2O3. The van der Waals surface area contributed by atoms with Crippen LogP contribution in [0.4, 0.5) is 0 Å². The maximum Gasteiger partial charge on any atom is 0.328 e. The molecule has 0 heterocycles. The van der Waals surface area contributed by atoms with Gasteiger partial charge in [0.2, 0.25) is 5.91 Å². The summed E-state index contributed by atoms with van der Waals surface area (Å²) in [4.78, 5) is 23.9. The maximum absolute atomic E-state index is 12.0. The molecule has 5 heteroatoms. The molecule has 0 radical (unpaired) electrons. The molecule has 1 atom stereocenters. The summed E-state index contributed by atoms with van der Waals surface area (Å²) in [6, 6.07) is -0.530. The molecule has 0 aromatic rings. The topological polar surface area (TPSA) is 81.4 Å². The summed E-state index contributed by atoms with van der Waals surface area (Å²) in [7, 11) is 0. The van der Waals surface area contributed by atoms with Gasteiger partial charge >= 0.3 is 5.97 Å². The fourth-order valence-corrected chi connectivity index (χ4v) is 2.67. The van der Waals surface area contributed by atoms with Gasteiger partial charge in [0.25, 0.3) is 0 Å². The second-order valence-corrected chi connectivity index (χ2v) is 6.38. The first-order valence-electron chi connectivity index (χ1n) is 9.81. The molecule has 0 bridgehead atoms. The Morgan fingerprint density at radius 1 is 0.917 bits per heavy atom. The summed E-state index contributed by atoms with van der Waals surface area (Å²) in [5.41, 5.74) is 5.48. The fraction of sp³-hybridized carbons (Fsp3) is 0.895. The van der Waals surface area contributed by atoms with Gasteiger partial charge in [0.1, 0.15) is 6.04 Å². The molecule has 0 unspecified atom stereocenters. The lowest BCUT2D eigenvalue weighted by Gasteiger charge is -2.17. The number of hydrogen-bond acceptors (Lipinski definition) is 4. The van der Waals surface area contributed by atoms with Crippen LogP contribution in [0.25, 0.3) is 0 Å². The molecule has 0 aliphatic heterocycles. The Balaban J connectivity index is 3.89. The summed E-state index contributed by atoms with van der Waals surface area (Å²) < 4.78 is 5.04. The van der Waals surface area contributed by atoms with E-state index in [1.165, 1.54) is 38.5 Å². The second-order valence-electron chi connectivity index (χ2n) is 6.38. The Hall–Kier alpha value is -1.10. The van der Waals surface area contributed by atoms with Crippen LogP contribution in [0.5, 0.6) is 0 Å². The number of nitrogens with one attached hydrogen (secondary N) is 1. The van der Waals surface area contributed by atoms with E-state index in [4.69, 9.17) is 10.5 Å². The number of nitrogens with two attached hydrogens (primary N) is 1. The molecule has 0 aromatic carbocycles. The zero-order valence-electron chi connectivity index (χ0n) is 15.8. The number of carbonyl (C=O) groups is 2. The van der Waals surface area contributed by atoms with Crippen molar-refractivity contribution in [1.82, 2.24) is 5.32 Å². The minimum atomic E-state index is -0.530. The third-order valence-corrected chi connectivity index (χ3v) is 4.11. The Morgan fingerprint density at radius 3 is 2.12 bits per heavy atom. The first kappa shape index (κ1) is 22.9. The van der Waals surface area contributed by atoms with Crippen molar-refractivity contribution in [2.24, 2.45) is 5.73 Å². The molecule has 0 fully saturated rings. The summed E-state index contributed by atoms with van der Waals surface area (Å²) in [6.07, 6.45) is 12.4. The monoisotopic (exact) mass is 342 g/mol. The lowest BCUT2D eigenvalue weighted by molar-refractivity contribution is -0.147. The van der Waals surface area contributed by atoms with E-state index < -0.39 is 6.04 Å². The third kappa shape index (κ3) is 13.3. The lowest BCUT2D eigenvalue weighted by atomic mass is 10.1. The average Bonchev–Trinajstić information content (AvgIpc) is 2.56. The van der Waals surface area contributed by atoms with Gasteiger partial charge in [0, 0.05) is 6.42 Å². The molecular weight excluding hydrogens is 304 g/mol. The molecule has 0 spiro atoms. The van der Waals surface area contributed by atoms with Gasteiger partial charge in [-0.1, -0.05) is 51.9 Å². The zero-order valence-corrected chi connectivity index (χ0v) is 15.8. The SMILES string of the molecule is CCCCCCCCCCC(=O)N[C@@H](CCCCN)C(=O)OCC. The maximum atomic E-state index is 12.0. The normalized spacial score (nSPS) is 12.0. The highest BCUT2D eigenvalue weighted by atomic mass is 16.5. The quantitative estimate of drug-likeness (QED) is 0.331. The van der Waals surface area contributed by atoms with Gasteiger partial charge in [-0.25, -0.2) is 4.79 Å². The van der Waals surface area contributed by atoms with Crippen molar-refractivity contribution < 1.29 is 14.3 Å². The highest BCUT2D eigenvalue weighted by Crippen LogP contribution is 2.10. The van der Waals surface area contributed by atoms with Gasteiger partial charge in [-0.05, 0) is 39.2 Å². The number of rotatable bonds is 16. The third-order valence-electron chi connectivity index (χ3n) is 4.11. The number of esters is 1. The fourth-order valence-electron chi connectivity index (χ4n) is 2.67. The van der Waals surface area contributed by atoms with Gasteiger partial charge < -0.3 is 15.8 Å². The van der Waals surface area contributed by atoms with Crippen molar-refractivity contribution in [1.29, 1.82) is 0 Å². The highest BCUT2D eigenvalue weighted by Gasteiger charge is 2.21. The van der Waals surface area contributed by atoms with Crippen LogP contribution in [0.15, 0.2) is 0 Å². The molecule has 5 nitrogen and oxygen atoms in total. The molecule has 1 amide bonds. The van der Waals surface area contributed by atoms with Crippen LogP contribution in [0, 0.1) is 0 Å². The van der Waals surface area contributed by atoms with Crippen LogP contribution >= 0.6 is 0 Å². The molecule has 0 aliphatic rings. The minimum Gasteiger partial charge on any atom is -0.464 e. The van der Waals surface area contributed by atoms with Gasteiger partial charge in [0.05, 0.1) is 6.61 Å². The van der Waals surface area contributed by atoms with E-state index >= 15 is 0 Å². The molecule has 0 aromatic heterocycles. The van der Waals surface area contributed by atoms with Crippen LogP contribution in [0.1, 0.15) is 90.9 Å². The number of carbonyl (C=O) groups excluding carboxylic acids is 2. The molecule has 0 rings (SSSR count). The van der Waals surface area contributed by atoms with E-state index in [-0.39, 0.29) is 11.9 Å². The van der Waals surface area contributed by atoms with Crippen molar-refractivity contribution in [2.75, 3.05) is 13.2 Å². The van der Waals surface area contributed by atoms with Gasteiger partial charge in [0.15, 0.2) is 0 Å². The molecule has 0 aliphatic carbocycles. The molecule has 24 heavy (non-hydrogen) atoms. The second kappa shape index (κ2) is 16.7. The zero-order chi connectivity index (χ0) is 18.0. The number of unbranched alkanes of at least 4 members (excludes halogenated alkanes) is 8.